The Morgan fingerprint density at radius 1 is 1.50 bits per heavy atom. The number of likely N-dealkylation sites (tertiary alicyclic amines) is 1. The third kappa shape index (κ3) is 2.00. The zero-order valence-corrected chi connectivity index (χ0v) is 12.4. The van der Waals surface area contributed by atoms with Gasteiger partial charge in [0.2, 0.25) is 0 Å². The molecule has 2 aliphatic heterocycles. The zero-order chi connectivity index (χ0) is 12.8. The average Bonchev–Trinajstić information content (AvgIpc) is 2.97. The van der Waals surface area contributed by atoms with E-state index in [-0.39, 0.29) is 0 Å². The fraction of sp³-hybridized carbons (Fsp3) is 0.786. The van der Waals surface area contributed by atoms with Crippen molar-refractivity contribution in [3.8, 4) is 0 Å². The van der Waals surface area contributed by atoms with E-state index in [1.54, 1.807) is 11.3 Å². The summed E-state index contributed by atoms with van der Waals surface area (Å²) >= 11 is 1.80. The van der Waals surface area contributed by atoms with E-state index in [0.717, 1.165) is 18.3 Å². The highest BCUT2D eigenvalue weighted by molar-refractivity contribution is 7.09. The van der Waals surface area contributed by atoms with Gasteiger partial charge in [0.15, 0.2) is 0 Å². The van der Waals surface area contributed by atoms with Crippen molar-refractivity contribution in [1.29, 1.82) is 0 Å². The van der Waals surface area contributed by atoms with Crippen molar-refractivity contribution >= 4 is 11.3 Å². The topological polar surface area (TPSA) is 28.2 Å². The van der Waals surface area contributed by atoms with E-state index in [2.05, 4.69) is 36.0 Å². The highest BCUT2D eigenvalue weighted by atomic mass is 32.1. The molecule has 2 fully saturated rings. The van der Waals surface area contributed by atoms with E-state index < -0.39 is 0 Å². The van der Waals surface area contributed by atoms with E-state index in [9.17, 15) is 0 Å². The molecule has 2 unspecified atom stereocenters. The highest BCUT2D eigenvalue weighted by Crippen LogP contribution is 2.40. The molecular formula is C14H23N3S. The van der Waals surface area contributed by atoms with Crippen LogP contribution in [0.5, 0.6) is 0 Å². The van der Waals surface area contributed by atoms with Gasteiger partial charge in [-0.2, -0.15) is 0 Å². The van der Waals surface area contributed by atoms with Gasteiger partial charge in [-0.15, -0.1) is 11.3 Å². The molecule has 0 spiro atoms. The van der Waals surface area contributed by atoms with Crippen LogP contribution in [-0.4, -0.2) is 41.6 Å². The lowest BCUT2D eigenvalue weighted by Crippen LogP contribution is -2.45. The van der Waals surface area contributed by atoms with E-state index in [1.807, 2.05) is 5.51 Å². The van der Waals surface area contributed by atoms with Crippen molar-refractivity contribution < 1.29 is 0 Å². The molecule has 3 rings (SSSR count). The summed E-state index contributed by atoms with van der Waals surface area (Å²) in [5.74, 6) is 1.70. The summed E-state index contributed by atoms with van der Waals surface area (Å²) in [6.07, 6.45) is 1.16. The van der Waals surface area contributed by atoms with Gasteiger partial charge in [-0.25, -0.2) is 4.98 Å². The number of nitrogens with one attached hydrogen (secondary N) is 1. The van der Waals surface area contributed by atoms with Crippen LogP contribution in [0, 0.1) is 18.8 Å². The zero-order valence-electron chi connectivity index (χ0n) is 11.6. The lowest BCUT2D eigenvalue weighted by atomic mass is 9.85. The Morgan fingerprint density at radius 2 is 2.33 bits per heavy atom. The largest absolute Gasteiger partial charge is 0.316 e. The van der Waals surface area contributed by atoms with Crippen LogP contribution in [0.3, 0.4) is 0 Å². The van der Waals surface area contributed by atoms with Gasteiger partial charge in [0.05, 0.1) is 11.2 Å². The van der Waals surface area contributed by atoms with Crippen molar-refractivity contribution in [2.24, 2.45) is 11.8 Å². The number of aromatic nitrogens is 1. The van der Waals surface area contributed by atoms with Gasteiger partial charge >= 0.3 is 0 Å². The van der Waals surface area contributed by atoms with Crippen LogP contribution in [0.1, 0.15) is 24.4 Å². The number of thiazole rings is 1. The van der Waals surface area contributed by atoms with Gasteiger partial charge in [-0.1, -0.05) is 0 Å². The first kappa shape index (κ1) is 12.6. The summed E-state index contributed by atoms with van der Waals surface area (Å²) in [5, 5.41) is 3.54. The Hall–Kier alpha value is -0.450. The Labute approximate surface area is 114 Å². The summed E-state index contributed by atoms with van der Waals surface area (Å²) < 4.78 is 0. The first-order valence-electron chi connectivity index (χ1n) is 6.94. The van der Waals surface area contributed by atoms with Crippen molar-refractivity contribution in [2.45, 2.75) is 32.7 Å². The summed E-state index contributed by atoms with van der Waals surface area (Å²) in [7, 11) is 0. The molecule has 0 saturated carbocycles. The molecule has 0 amide bonds. The van der Waals surface area contributed by atoms with Crippen LogP contribution in [-0.2, 0) is 6.42 Å². The second-order valence-corrected chi connectivity index (χ2v) is 7.17. The number of hydrogen-bond donors (Lipinski definition) is 1. The molecular weight excluding hydrogens is 242 g/mol. The number of hydrogen-bond acceptors (Lipinski definition) is 4. The lowest BCUT2D eigenvalue weighted by molar-refractivity contribution is 0.141. The van der Waals surface area contributed by atoms with Crippen molar-refractivity contribution in [1.82, 2.24) is 15.2 Å². The van der Waals surface area contributed by atoms with Gasteiger partial charge in [0.25, 0.3) is 0 Å². The number of rotatable bonds is 3. The van der Waals surface area contributed by atoms with Gasteiger partial charge < -0.3 is 5.32 Å². The second kappa shape index (κ2) is 4.58. The van der Waals surface area contributed by atoms with E-state index in [1.165, 1.54) is 36.8 Å². The molecule has 18 heavy (non-hydrogen) atoms. The minimum atomic E-state index is 0.354. The number of nitrogens with zero attached hydrogens (tertiary/aromatic N) is 2. The molecule has 3 nitrogen and oxygen atoms in total. The Kier molecular flexibility index (Phi) is 3.20. The monoisotopic (exact) mass is 265 g/mol. The average molecular weight is 265 g/mol. The quantitative estimate of drug-likeness (QED) is 0.905. The minimum absolute atomic E-state index is 0.354. The third-order valence-electron chi connectivity index (χ3n) is 4.97. The number of fused-ring (bicyclic) bond motifs is 1. The van der Waals surface area contributed by atoms with E-state index in [4.69, 9.17) is 0 Å². The molecule has 1 aromatic heterocycles. The first-order valence-corrected chi connectivity index (χ1v) is 7.81. The summed E-state index contributed by atoms with van der Waals surface area (Å²) in [6, 6.07) is 0. The third-order valence-corrected chi connectivity index (χ3v) is 5.97. The minimum Gasteiger partial charge on any atom is -0.316 e. The van der Waals surface area contributed by atoms with Gasteiger partial charge in [-0.05, 0) is 45.6 Å². The molecule has 1 aromatic rings. The van der Waals surface area contributed by atoms with Crippen LogP contribution >= 0.6 is 11.3 Å². The maximum absolute atomic E-state index is 4.35. The standard InChI is InChI=1S/C14H23N3S/c1-10-13(18-9-16-10)4-5-17-8-11-6-15-7-12(11)14(17,2)3/h9,11-12,15H,4-8H2,1-3H3. The van der Waals surface area contributed by atoms with Gasteiger partial charge in [-0.3, -0.25) is 4.90 Å². The van der Waals surface area contributed by atoms with Crippen molar-refractivity contribution in [3.05, 3.63) is 16.1 Å². The SMILES string of the molecule is Cc1ncsc1CCN1CC2CNCC2C1(C)C. The first-order chi connectivity index (χ1) is 8.59. The molecule has 4 heteroatoms. The van der Waals surface area contributed by atoms with Crippen LogP contribution in [0.2, 0.25) is 0 Å². The predicted octanol–water partition coefficient (Wildman–Crippen LogP) is 1.92. The number of aryl methyl sites for hydroxylation is 1. The molecule has 0 aliphatic carbocycles. The van der Waals surface area contributed by atoms with Gasteiger partial charge in [0, 0.05) is 30.1 Å². The maximum Gasteiger partial charge on any atom is 0.0797 e. The Morgan fingerprint density at radius 3 is 3.00 bits per heavy atom. The van der Waals surface area contributed by atoms with Crippen molar-refractivity contribution in [2.75, 3.05) is 26.2 Å². The smallest absolute Gasteiger partial charge is 0.0797 e. The molecule has 0 bridgehead atoms. The molecule has 0 aromatic carbocycles. The normalized spacial score (nSPS) is 30.8. The van der Waals surface area contributed by atoms with E-state index in [0.29, 0.717) is 5.54 Å². The Balaban J connectivity index is 1.65. The molecule has 2 atom stereocenters. The molecule has 3 heterocycles. The second-order valence-electron chi connectivity index (χ2n) is 6.24. The highest BCUT2D eigenvalue weighted by Gasteiger charge is 2.48. The molecule has 100 valence electrons. The predicted molar refractivity (Wildman–Crippen MR) is 76.1 cm³/mol. The van der Waals surface area contributed by atoms with E-state index >= 15 is 0 Å². The molecule has 2 saturated heterocycles. The molecule has 1 N–H and O–H groups in total. The van der Waals surface area contributed by atoms with Crippen LogP contribution in [0.25, 0.3) is 0 Å². The van der Waals surface area contributed by atoms with Crippen LogP contribution < -0.4 is 5.32 Å². The van der Waals surface area contributed by atoms with Gasteiger partial charge in [0.1, 0.15) is 0 Å². The summed E-state index contributed by atoms with van der Waals surface area (Å²) in [6.45, 7) is 11.8. The Bertz CT molecular complexity index is 426. The van der Waals surface area contributed by atoms with Crippen LogP contribution in [0.15, 0.2) is 5.51 Å². The summed E-state index contributed by atoms with van der Waals surface area (Å²) in [4.78, 5) is 8.50. The maximum atomic E-state index is 4.35. The fourth-order valence-electron chi connectivity index (χ4n) is 3.69. The van der Waals surface area contributed by atoms with Crippen molar-refractivity contribution in [3.63, 3.8) is 0 Å². The fourth-order valence-corrected chi connectivity index (χ4v) is 4.46. The summed E-state index contributed by atoms with van der Waals surface area (Å²) in [5.41, 5.74) is 3.55. The molecule has 2 aliphatic rings. The molecule has 0 radical (unpaired) electrons. The van der Waals surface area contributed by atoms with Crippen LogP contribution in [0.4, 0.5) is 0 Å². The lowest BCUT2D eigenvalue weighted by Gasteiger charge is -2.35.